The Hall–Kier alpha value is -2.09. The van der Waals surface area contributed by atoms with Gasteiger partial charge in [-0.3, -0.25) is 9.98 Å². The molecule has 0 saturated heterocycles. The van der Waals surface area contributed by atoms with Crippen molar-refractivity contribution in [2.75, 3.05) is 0 Å². The Labute approximate surface area is 152 Å². The first-order valence-corrected chi connectivity index (χ1v) is 8.54. The summed E-state index contributed by atoms with van der Waals surface area (Å²) in [7, 11) is 0. The minimum atomic E-state index is -0.745. The summed E-state index contributed by atoms with van der Waals surface area (Å²) in [4.78, 5) is 8.61. The fourth-order valence-corrected chi connectivity index (χ4v) is 1.66. The van der Waals surface area contributed by atoms with Crippen LogP contribution in [-0.2, 0) is 0 Å². The van der Waals surface area contributed by atoms with Crippen molar-refractivity contribution in [1.82, 2.24) is 0 Å². The standard InChI is InChI=1S/C17H18N2O2.C2H5.Al/c1-17(2,18-11-13-7-3-5-9-15(13)20)19-12-14-8-4-6-10-16(14)21;1-2;/h3-12,20-21H,1-2H3;1H2,2H3;/q;;+2/p-2/b18-11+,19-12+;;. The molecule has 0 aliphatic rings. The van der Waals surface area contributed by atoms with Crippen LogP contribution in [0.2, 0.25) is 5.28 Å². The molecular weight excluding hydrogens is 315 g/mol. The predicted molar refractivity (Wildman–Crippen MR) is 97.3 cm³/mol. The number of hydrogen-bond acceptors (Lipinski definition) is 4. The van der Waals surface area contributed by atoms with Gasteiger partial charge in [0.05, 0.1) is 0 Å². The quantitative estimate of drug-likeness (QED) is 0.636. The van der Waals surface area contributed by atoms with Crippen LogP contribution in [0.4, 0.5) is 0 Å². The summed E-state index contributed by atoms with van der Waals surface area (Å²) in [6.45, 7) is 5.70. The Kier molecular flexibility index (Phi) is 8.25. The summed E-state index contributed by atoms with van der Waals surface area (Å²) >= 11 is 2.58. The second kappa shape index (κ2) is 9.92. The SMILES string of the molecule is CC(C)(/N=C/c1ccccc1[O-])/N=C/c1ccccc1[O-].C[CH2][Al+2]. The molecule has 0 saturated carbocycles. The van der Waals surface area contributed by atoms with Crippen molar-refractivity contribution in [3.05, 3.63) is 59.7 Å². The summed E-state index contributed by atoms with van der Waals surface area (Å²) in [6, 6.07) is 13.3. The van der Waals surface area contributed by atoms with Gasteiger partial charge in [-0.25, -0.2) is 0 Å². The number of nitrogens with zero attached hydrogens (tertiary/aromatic N) is 2. The Balaban J connectivity index is 0.000000891. The third kappa shape index (κ3) is 6.99. The maximum atomic E-state index is 11.6. The van der Waals surface area contributed by atoms with Gasteiger partial charge in [0.15, 0.2) is 0 Å². The molecule has 0 radical (unpaired) electrons. The summed E-state index contributed by atoms with van der Waals surface area (Å²) in [5.41, 5.74) is 0.292. The molecule has 0 fully saturated rings. The van der Waals surface area contributed by atoms with Crippen molar-refractivity contribution in [3.63, 3.8) is 0 Å². The molecule has 0 bridgehead atoms. The van der Waals surface area contributed by atoms with Crippen LogP contribution in [-0.4, -0.2) is 34.4 Å². The van der Waals surface area contributed by atoms with Crippen LogP contribution < -0.4 is 10.2 Å². The first-order chi connectivity index (χ1) is 11.4. The number of para-hydroxylation sites is 2. The zero-order valence-corrected chi connectivity index (χ0v) is 15.4. The summed E-state index contributed by atoms with van der Waals surface area (Å²) in [6.07, 6.45) is 3.03. The van der Waals surface area contributed by atoms with Gasteiger partial charge in [-0.05, 0) is 25.0 Å². The van der Waals surface area contributed by atoms with Gasteiger partial charge in [0.2, 0.25) is 0 Å². The fraction of sp³-hybridized carbons (Fsp3) is 0.263. The van der Waals surface area contributed by atoms with Gasteiger partial charge in [0, 0.05) is 12.4 Å². The first-order valence-electron chi connectivity index (χ1n) is 7.72. The minimum absolute atomic E-state index is 0.0778. The van der Waals surface area contributed by atoms with Crippen LogP contribution in [0.3, 0.4) is 0 Å². The molecular formula is C19H21AlN2O2. The molecule has 2 aromatic carbocycles. The van der Waals surface area contributed by atoms with Gasteiger partial charge in [-0.1, -0.05) is 48.5 Å². The van der Waals surface area contributed by atoms with Crippen LogP contribution in [0.25, 0.3) is 0 Å². The monoisotopic (exact) mass is 336 g/mol. The van der Waals surface area contributed by atoms with Gasteiger partial charge >= 0.3 is 28.5 Å². The van der Waals surface area contributed by atoms with E-state index >= 15 is 0 Å². The van der Waals surface area contributed by atoms with Crippen molar-refractivity contribution < 1.29 is 10.2 Å². The third-order valence-electron chi connectivity index (χ3n) is 2.88. The molecule has 24 heavy (non-hydrogen) atoms. The van der Waals surface area contributed by atoms with Crippen LogP contribution in [0.15, 0.2) is 58.5 Å². The Morgan fingerprint density at radius 1 is 0.875 bits per heavy atom. The van der Waals surface area contributed by atoms with Gasteiger partial charge in [0.25, 0.3) is 0 Å². The van der Waals surface area contributed by atoms with Crippen molar-refractivity contribution >= 4 is 28.7 Å². The van der Waals surface area contributed by atoms with Gasteiger partial charge in [0.1, 0.15) is 5.66 Å². The fourth-order valence-electron chi connectivity index (χ4n) is 1.66. The van der Waals surface area contributed by atoms with E-state index in [4.69, 9.17) is 0 Å². The van der Waals surface area contributed by atoms with E-state index < -0.39 is 5.66 Å². The number of hydrogen-bond donors (Lipinski definition) is 0. The second-order valence-electron chi connectivity index (χ2n) is 5.49. The van der Waals surface area contributed by atoms with Crippen LogP contribution >= 0.6 is 0 Å². The summed E-state index contributed by atoms with van der Waals surface area (Å²) in [5, 5.41) is 24.3. The van der Waals surface area contributed by atoms with Crippen molar-refractivity contribution in [2.45, 2.75) is 31.7 Å². The normalized spacial score (nSPS) is 11.5. The molecule has 0 N–H and O–H groups in total. The Bertz CT molecular complexity index is 640. The van der Waals surface area contributed by atoms with E-state index in [0.29, 0.717) is 11.1 Å². The predicted octanol–water partition coefficient (Wildman–Crippen LogP) is 2.70. The van der Waals surface area contributed by atoms with Crippen molar-refractivity contribution in [1.29, 1.82) is 0 Å². The van der Waals surface area contributed by atoms with E-state index in [9.17, 15) is 10.2 Å². The molecule has 0 spiro atoms. The zero-order chi connectivity index (χ0) is 18.0. The molecule has 2 aromatic rings. The molecule has 0 amide bonds. The van der Waals surface area contributed by atoms with E-state index in [0.717, 1.165) is 0 Å². The number of rotatable bonds is 4. The zero-order valence-electron chi connectivity index (χ0n) is 14.3. The molecule has 4 nitrogen and oxygen atoms in total. The van der Waals surface area contributed by atoms with E-state index in [1.807, 2.05) is 0 Å². The molecule has 0 unspecified atom stereocenters. The average molecular weight is 336 g/mol. The van der Waals surface area contributed by atoms with Crippen LogP contribution in [0.1, 0.15) is 31.9 Å². The summed E-state index contributed by atoms with van der Waals surface area (Å²) in [5.74, 6) is -0.156. The topological polar surface area (TPSA) is 70.8 Å². The van der Waals surface area contributed by atoms with Crippen molar-refractivity contribution in [2.24, 2.45) is 9.98 Å². The second-order valence-corrected chi connectivity index (χ2v) is 6.31. The molecule has 122 valence electrons. The average Bonchev–Trinajstić information content (AvgIpc) is 2.54. The molecule has 0 aliphatic heterocycles. The van der Waals surface area contributed by atoms with E-state index in [-0.39, 0.29) is 11.5 Å². The summed E-state index contributed by atoms with van der Waals surface area (Å²) < 4.78 is 0. The Morgan fingerprint density at radius 2 is 1.21 bits per heavy atom. The molecule has 0 aliphatic carbocycles. The maximum absolute atomic E-state index is 11.6. The number of aliphatic imine (C=N–C) groups is 2. The number of benzene rings is 2. The molecule has 5 heteroatoms. The van der Waals surface area contributed by atoms with Gasteiger partial charge < -0.3 is 10.2 Å². The third-order valence-corrected chi connectivity index (χ3v) is 2.88. The van der Waals surface area contributed by atoms with Crippen LogP contribution in [0.5, 0.6) is 11.5 Å². The Morgan fingerprint density at radius 3 is 1.54 bits per heavy atom. The molecule has 0 atom stereocenters. The van der Waals surface area contributed by atoms with E-state index in [1.54, 1.807) is 50.2 Å². The molecule has 0 heterocycles. The molecule has 0 aromatic heterocycles. The van der Waals surface area contributed by atoms with E-state index in [2.05, 4.69) is 33.2 Å². The van der Waals surface area contributed by atoms with Crippen molar-refractivity contribution in [3.8, 4) is 11.5 Å². The van der Waals surface area contributed by atoms with Gasteiger partial charge in [-0.2, -0.15) is 0 Å². The molecule has 2 rings (SSSR count). The van der Waals surface area contributed by atoms with Gasteiger partial charge in [-0.15, -0.1) is 11.5 Å². The van der Waals surface area contributed by atoms with E-state index in [1.165, 1.54) is 29.8 Å². The first kappa shape index (κ1) is 20.0. The van der Waals surface area contributed by atoms with Crippen LogP contribution in [0, 0.1) is 0 Å².